The third-order valence-electron chi connectivity index (χ3n) is 4.62. The number of aromatic nitrogens is 2. The second-order valence-corrected chi connectivity index (χ2v) is 6.96. The van der Waals surface area contributed by atoms with Gasteiger partial charge in [0.25, 0.3) is 5.91 Å². The van der Waals surface area contributed by atoms with Crippen molar-refractivity contribution in [2.75, 3.05) is 26.2 Å². The van der Waals surface area contributed by atoms with Gasteiger partial charge in [-0.2, -0.15) is 5.10 Å². The van der Waals surface area contributed by atoms with Crippen LogP contribution in [0, 0.1) is 0 Å². The van der Waals surface area contributed by atoms with E-state index >= 15 is 0 Å². The summed E-state index contributed by atoms with van der Waals surface area (Å²) >= 11 is 6.31. The fourth-order valence-corrected chi connectivity index (χ4v) is 3.45. The zero-order chi connectivity index (χ0) is 18.5. The predicted octanol–water partition coefficient (Wildman–Crippen LogP) is 2.71. The number of ether oxygens (including phenoxy) is 1. The maximum absolute atomic E-state index is 13.1. The van der Waals surface area contributed by atoms with Crippen LogP contribution in [-0.4, -0.2) is 52.9 Å². The molecule has 1 fully saturated rings. The molecule has 1 aromatic heterocycles. The molecule has 1 aromatic carbocycles. The first-order chi connectivity index (χ1) is 12.6. The van der Waals surface area contributed by atoms with E-state index in [1.807, 2.05) is 36.2 Å². The summed E-state index contributed by atoms with van der Waals surface area (Å²) < 4.78 is 7.48. The Bertz CT molecular complexity index is 754. The monoisotopic (exact) mass is 376 g/mol. The van der Waals surface area contributed by atoms with Crippen LogP contribution in [0.1, 0.15) is 29.6 Å². The lowest BCUT2D eigenvalue weighted by Gasteiger charge is -2.32. The number of rotatable bonds is 6. The average Bonchev–Trinajstić information content (AvgIpc) is 3.04. The average molecular weight is 377 g/mol. The van der Waals surface area contributed by atoms with E-state index in [-0.39, 0.29) is 12.0 Å². The molecule has 26 heavy (non-hydrogen) atoms. The van der Waals surface area contributed by atoms with Crippen LogP contribution in [0.25, 0.3) is 11.3 Å². The normalized spacial score (nSPS) is 15.4. The van der Waals surface area contributed by atoms with Crippen molar-refractivity contribution < 1.29 is 9.53 Å². The van der Waals surface area contributed by atoms with E-state index in [0.717, 1.165) is 24.8 Å². The lowest BCUT2D eigenvalue weighted by Crippen LogP contribution is -2.41. The highest BCUT2D eigenvalue weighted by molar-refractivity contribution is 6.33. The van der Waals surface area contributed by atoms with Gasteiger partial charge in [-0.25, -0.2) is 0 Å². The number of halogens is 1. The van der Waals surface area contributed by atoms with Gasteiger partial charge in [-0.15, -0.1) is 0 Å². The van der Waals surface area contributed by atoms with Gasteiger partial charge in [0.1, 0.15) is 5.69 Å². The molecule has 1 aliphatic rings. The smallest absolute Gasteiger partial charge is 0.257 e. The van der Waals surface area contributed by atoms with E-state index in [4.69, 9.17) is 22.1 Å². The van der Waals surface area contributed by atoms with Gasteiger partial charge in [-0.05, 0) is 31.9 Å². The molecule has 2 N–H and O–H groups in total. The molecule has 7 heteroatoms. The molecule has 1 saturated heterocycles. The van der Waals surface area contributed by atoms with Gasteiger partial charge in [0.2, 0.25) is 0 Å². The number of nitrogens with two attached hydrogens (primary N) is 1. The van der Waals surface area contributed by atoms with Crippen LogP contribution in [0.3, 0.4) is 0 Å². The molecule has 3 rings (SSSR count). The summed E-state index contributed by atoms with van der Waals surface area (Å²) in [4.78, 5) is 14.9. The minimum Gasteiger partial charge on any atom is -0.378 e. The van der Waals surface area contributed by atoms with Crippen LogP contribution in [0.4, 0.5) is 0 Å². The lowest BCUT2D eigenvalue weighted by atomic mass is 10.0. The lowest BCUT2D eigenvalue weighted by molar-refractivity contribution is 0.00846. The molecule has 2 heterocycles. The topological polar surface area (TPSA) is 73.4 Å². The van der Waals surface area contributed by atoms with Gasteiger partial charge in [0.15, 0.2) is 0 Å². The summed E-state index contributed by atoms with van der Waals surface area (Å²) in [6, 6.07) is 7.46. The van der Waals surface area contributed by atoms with Crippen LogP contribution in [-0.2, 0) is 11.8 Å². The summed E-state index contributed by atoms with van der Waals surface area (Å²) in [5.41, 5.74) is 7.49. The highest BCUT2D eigenvalue weighted by atomic mass is 35.5. The number of amides is 1. The maximum Gasteiger partial charge on any atom is 0.257 e. The minimum absolute atomic E-state index is 0.00609. The standard InChI is InChI=1S/C19H25ClN4O2/c1-23-13-16(18(22-23)15-5-2-3-6-17(15)20)19(25)24-10-7-14(8-11-24)26-12-4-9-21/h2-3,5-6,13-14H,4,7-12,21H2,1H3. The van der Waals surface area contributed by atoms with Crippen molar-refractivity contribution in [3.05, 3.63) is 41.0 Å². The van der Waals surface area contributed by atoms with Gasteiger partial charge >= 0.3 is 0 Å². The van der Waals surface area contributed by atoms with E-state index in [0.29, 0.717) is 42.5 Å². The molecule has 2 aromatic rings. The Morgan fingerprint density at radius 1 is 1.35 bits per heavy atom. The molecule has 140 valence electrons. The van der Waals surface area contributed by atoms with Crippen molar-refractivity contribution in [3.8, 4) is 11.3 Å². The van der Waals surface area contributed by atoms with Crippen LogP contribution in [0.2, 0.25) is 5.02 Å². The molecule has 0 aliphatic carbocycles. The molecule has 0 bridgehead atoms. The van der Waals surface area contributed by atoms with Crippen LogP contribution < -0.4 is 5.73 Å². The summed E-state index contributed by atoms with van der Waals surface area (Å²) in [5.74, 6) is -0.00609. The molecule has 0 radical (unpaired) electrons. The van der Waals surface area contributed by atoms with E-state index in [1.165, 1.54) is 0 Å². The second kappa shape index (κ2) is 8.66. The summed E-state index contributed by atoms with van der Waals surface area (Å²) in [7, 11) is 1.81. The van der Waals surface area contributed by atoms with Crippen molar-refractivity contribution in [3.63, 3.8) is 0 Å². The Labute approximate surface area is 158 Å². The SMILES string of the molecule is Cn1cc(C(=O)N2CCC(OCCCN)CC2)c(-c2ccccc2Cl)n1. The molecular weight excluding hydrogens is 352 g/mol. The van der Waals surface area contributed by atoms with E-state index in [2.05, 4.69) is 5.10 Å². The van der Waals surface area contributed by atoms with E-state index < -0.39 is 0 Å². The number of aryl methyl sites for hydroxylation is 1. The third kappa shape index (κ3) is 4.26. The highest BCUT2D eigenvalue weighted by Gasteiger charge is 2.27. The maximum atomic E-state index is 13.1. The molecule has 1 amide bonds. The first kappa shape index (κ1) is 18.9. The Kier molecular flexibility index (Phi) is 6.29. The Morgan fingerprint density at radius 3 is 2.77 bits per heavy atom. The molecular formula is C19H25ClN4O2. The third-order valence-corrected chi connectivity index (χ3v) is 4.95. The van der Waals surface area contributed by atoms with Crippen molar-refractivity contribution >= 4 is 17.5 Å². The molecule has 0 atom stereocenters. The van der Waals surface area contributed by atoms with Crippen LogP contribution in [0.15, 0.2) is 30.5 Å². The summed E-state index contributed by atoms with van der Waals surface area (Å²) in [5, 5.41) is 5.06. The van der Waals surface area contributed by atoms with E-state index in [1.54, 1.807) is 10.9 Å². The molecule has 1 aliphatic heterocycles. The molecule has 6 nitrogen and oxygen atoms in total. The Hall–Kier alpha value is -1.89. The predicted molar refractivity (Wildman–Crippen MR) is 102 cm³/mol. The number of carbonyl (C=O) groups excluding carboxylic acids is 1. The molecule has 0 saturated carbocycles. The number of nitrogens with zero attached hydrogens (tertiary/aromatic N) is 3. The zero-order valence-corrected chi connectivity index (χ0v) is 15.8. The fraction of sp³-hybridized carbons (Fsp3) is 0.474. The number of piperidine rings is 1. The number of likely N-dealkylation sites (tertiary alicyclic amines) is 1. The van der Waals surface area contributed by atoms with Gasteiger partial charge in [-0.1, -0.05) is 29.8 Å². The van der Waals surface area contributed by atoms with Crippen molar-refractivity contribution in [1.82, 2.24) is 14.7 Å². The van der Waals surface area contributed by atoms with Crippen molar-refractivity contribution in [2.24, 2.45) is 12.8 Å². The van der Waals surface area contributed by atoms with Crippen LogP contribution in [0.5, 0.6) is 0 Å². The number of hydrogen-bond donors (Lipinski definition) is 1. The quantitative estimate of drug-likeness (QED) is 0.787. The van der Waals surface area contributed by atoms with Gasteiger partial charge in [0.05, 0.1) is 16.7 Å². The van der Waals surface area contributed by atoms with Crippen molar-refractivity contribution in [2.45, 2.75) is 25.4 Å². The number of carbonyl (C=O) groups is 1. The second-order valence-electron chi connectivity index (χ2n) is 6.55. The Morgan fingerprint density at radius 2 is 2.08 bits per heavy atom. The molecule has 0 spiro atoms. The highest BCUT2D eigenvalue weighted by Crippen LogP contribution is 2.30. The number of benzene rings is 1. The van der Waals surface area contributed by atoms with Crippen LogP contribution >= 0.6 is 11.6 Å². The van der Waals surface area contributed by atoms with Crippen molar-refractivity contribution in [1.29, 1.82) is 0 Å². The largest absolute Gasteiger partial charge is 0.378 e. The van der Waals surface area contributed by atoms with Gasteiger partial charge in [-0.3, -0.25) is 9.48 Å². The first-order valence-corrected chi connectivity index (χ1v) is 9.37. The zero-order valence-electron chi connectivity index (χ0n) is 15.0. The fourth-order valence-electron chi connectivity index (χ4n) is 3.23. The first-order valence-electron chi connectivity index (χ1n) is 8.99. The Balaban J connectivity index is 1.71. The van der Waals surface area contributed by atoms with Gasteiger partial charge < -0.3 is 15.4 Å². The summed E-state index contributed by atoms with van der Waals surface area (Å²) in [6.45, 7) is 2.70. The summed E-state index contributed by atoms with van der Waals surface area (Å²) in [6.07, 6.45) is 4.54. The molecule has 0 unspecified atom stereocenters. The van der Waals surface area contributed by atoms with Gasteiger partial charge in [0, 0.05) is 38.5 Å². The minimum atomic E-state index is -0.00609. The van der Waals surface area contributed by atoms with E-state index in [9.17, 15) is 4.79 Å². The number of hydrogen-bond acceptors (Lipinski definition) is 4.